The molecule has 0 saturated heterocycles. The largest absolute Gasteiger partial charge is 0.478 e. The summed E-state index contributed by atoms with van der Waals surface area (Å²) in [6.07, 6.45) is -1.04. The van der Waals surface area contributed by atoms with E-state index in [1.54, 1.807) is 19.1 Å². The van der Waals surface area contributed by atoms with Gasteiger partial charge in [-0.05, 0) is 19.1 Å². The van der Waals surface area contributed by atoms with Crippen molar-refractivity contribution in [2.24, 2.45) is 0 Å². The van der Waals surface area contributed by atoms with E-state index < -0.39 is 18.0 Å². The fourth-order valence-corrected chi connectivity index (χ4v) is 1.86. The molecule has 0 saturated carbocycles. The molecular weight excluding hydrogens is 238 g/mol. The van der Waals surface area contributed by atoms with E-state index in [0.717, 1.165) is 0 Å². The molecule has 2 rings (SSSR count). The standard InChI is InChI=1S/C12H13NO5/c1-6-9(11(14)15)18-10-7(12(16)17-2)4-3-5-8(10)13-6/h3-6,9,13H,1-2H3,(H,14,15). The van der Waals surface area contributed by atoms with Crippen molar-refractivity contribution in [2.75, 3.05) is 12.4 Å². The Morgan fingerprint density at radius 2 is 2.17 bits per heavy atom. The van der Waals surface area contributed by atoms with Crippen molar-refractivity contribution in [3.63, 3.8) is 0 Å². The van der Waals surface area contributed by atoms with Gasteiger partial charge in [0.2, 0.25) is 6.10 Å². The maximum Gasteiger partial charge on any atom is 0.347 e. The predicted molar refractivity (Wildman–Crippen MR) is 62.9 cm³/mol. The average Bonchev–Trinajstić information content (AvgIpc) is 2.35. The quantitative estimate of drug-likeness (QED) is 0.766. The second-order valence-electron chi connectivity index (χ2n) is 3.98. The van der Waals surface area contributed by atoms with E-state index in [4.69, 9.17) is 9.84 Å². The zero-order chi connectivity index (χ0) is 13.3. The summed E-state index contributed by atoms with van der Waals surface area (Å²) in [5.41, 5.74) is 0.795. The number of ether oxygens (including phenoxy) is 2. The van der Waals surface area contributed by atoms with Crippen LogP contribution in [0.4, 0.5) is 5.69 Å². The summed E-state index contributed by atoms with van der Waals surface area (Å²) in [6.45, 7) is 1.70. The number of fused-ring (bicyclic) bond motifs is 1. The first-order valence-electron chi connectivity index (χ1n) is 5.42. The average molecular weight is 251 g/mol. The molecular formula is C12H13NO5. The molecule has 1 aromatic rings. The van der Waals surface area contributed by atoms with Crippen molar-refractivity contribution in [1.82, 2.24) is 0 Å². The summed E-state index contributed by atoms with van der Waals surface area (Å²) >= 11 is 0. The van der Waals surface area contributed by atoms with Crippen LogP contribution in [-0.2, 0) is 9.53 Å². The summed E-state index contributed by atoms with van der Waals surface area (Å²) in [4.78, 5) is 22.6. The van der Waals surface area contributed by atoms with Crippen molar-refractivity contribution in [3.05, 3.63) is 23.8 Å². The van der Waals surface area contributed by atoms with Crippen molar-refractivity contribution < 1.29 is 24.2 Å². The van der Waals surface area contributed by atoms with Gasteiger partial charge in [-0.3, -0.25) is 0 Å². The second-order valence-corrected chi connectivity index (χ2v) is 3.98. The number of hydrogen-bond acceptors (Lipinski definition) is 5. The molecule has 0 bridgehead atoms. The van der Waals surface area contributed by atoms with Crippen LogP contribution in [0.15, 0.2) is 18.2 Å². The Kier molecular flexibility index (Phi) is 3.10. The van der Waals surface area contributed by atoms with Crippen LogP contribution in [0.3, 0.4) is 0 Å². The summed E-state index contributed by atoms with van der Waals surface area (Å²) in [5.74, 6) is -1.43. The number of anilines is 1. The highest BCUT2D eigenvalue weighted by Crippen LogP contribution is 2.35. The van der Waals surface area contributed by atoms with Crippen LogP contribution in [0.5, 0.6) is 5.75 Å². The van der Waals surface area contributed by atoms with Crippen LogP contribution in [0, 0.1) is 0 Å². The number of benzene rings is 1. The molecule has 1 aliphatic rings. The number of carbonyl (C=O) groups excluding carboxylic acids is 1. The van der Waals surface area contributed by atoms with Gasteiger partial charge in [0, 0.05) is 0 Å². The first-order chi connectivity index (χ1) is 8.54. The van der Waals surface area contributed by atoms with E-state index in [0.29, 0.717) is 5.69 Å². The van der Waals surface area contributed by atoms with Crippen molar-refractivity contribution in [3.8, 4) is 5.75 Å². The number of methoxy groups -OCH3 is 1. The number of para-hydroxylation sites is 1. The van der Waals surface area contributed by atoms with Crippen LogP contribution in [0.2, 0.25) is 0 Å². The van der Waals surface area contributed by atoms with Crippen LogP contribution in [-0.4, -0.2) is 36.3 Å². The van der Waals surface area contributed by atoms with Crippen LogP contribution < -0.4 is 10.1 Å². The SMILES string of the molecule is COC(=O)c1cccc2c1OC(C(=O)O)C(C)N2. The third-order valence-corrected chi connectivity index (χ3v) is 2.75. The first kappa shape index (κ1) is 12.2. The molecule has 0 fully saturated rings. The molecule has 1 heterocycles. The second kappa shape index (κ2) is 4.56. The molecule has 1 aromatic carbocycles. The Morgan fingerprint density at radius 3 is 2.78 bits per heavy atom. The summed E-state index contributed by atoms with van der Waals surface area (Å²) in [7, 11) is 1.26. The Morgan fingerprint density at radius 1 is 1.44 bits per heavy atom. The van der Waals surface area contributed by atoms with Crippen molar-refractivity contribution >= 4 is 17.6 Å². The van der Waals surface area contributed by atoms with Gasteiger partial charge in [0.05, 0.1) is 18.8 Å². The van der Waals surface area contributed by atoms with Gasteiger partial charge >= 0.3 is 11.9 Å². The lowest BCUT2D eigenvalue weighted by Gasteiger charge is -2.31. The van der Waals surface area contributed by atoms with Gasteiger partial charge in [-0.15, -0.1) is 0 Å². The van der Waals surface area contributed by atoms with Crippen LogP contribution in [0.1, 0.15) is 17.3 Å². The zero-order valence-electron chi connectivity index (χ0n) is 9.97. The molecule has 2 unspecified atom stereocenters. The van der Waals surface area contributed by atoms with Crippen LogP contribution in [0.25, 0.3) is 0 Å². The first-order valence-corrected chi connectivity index (χ1v) is 5.42. The smallest absolute Gasteiger partial charge is 0.347 e. The van der Waals surface area contributed by atoms with E-state index in [2.05, 4.69) is 10.1 Å². The Balaban J connectivity index is 2.44. The molecule has 0 aromatic heterocycles. The number of nitrogens with one attached hydrogen (secondary N) is 1. The lowest BCUT2D eigenvalue weighted by molar-refractivity contribution is -0.145. The maximum absolute atomic E-state index is 11.6. The van der Waals surface area contributed by atoms with E-state index in [-0.39, 0.29) is 17.4 Å². The van der Waals surface area contributed by atoms with E-state index in [9.17, 15) is 9.59 Å². The molecule has 96 valence electrons. The number of carboxylic acid groups (broad SMARTS) is 1. The van der Waals surface area contributed by atoms with E-state index in [1.807, 2.05) is 0 Å². The van der Waals surface area contributed by atoms with Gasteiger partial charge in [-0.2, -0.15) is 0 Å². The maximum atomic E-state index is 11.6. The lowest BCUT2D eigenvalue weighted by atomic mass is 10.1. The normalized spacial score (nSPS) is 21.2. The number of carboxylic acids is 1. The van der Waals surface area contributed by atoms with Gasteiger partial charge in [-0.1, -0.05) is 6.07 Å². The molecule has 6 heteroatoms. The topological polar surface area (TPSA) is 84.9 Å². The zero-order valence-corrected chi connectivity index (χ0v) is 9.97. The summed E-state index contributed by atoms with van der Waals surface area (Å²) in [6, 6.07) is 4.54. The number of carbonyl (C=O) groups is 2. The third-order valence-electron chi connectivity index (χ3n) is 2.75. The summed E-state index contributed by atoms with van der Waals surface area (Å²) in [5, 5.41) is 12.0. The fraction of sp³-hybridized carbons (Fsp3) is 0.333. The highest BCUT2D eigenvalue weighted by molar-refractivity contribution is 5.95. The molecule has 18 heavy (non-hydrogen) atoms. The van der Waals surface area contributed by atoms with Gasteiger partial charge in [0.25, 0.3) is 0 Å². The molecule has 0 amide bonds. The Bertz CT molecular complexity index is 499. The minimum atomic E-state index is -1.08. The Labute approximate surface area is 104 Å². The van der Waals surface area contributed by atoms with E-state index >= 15 is 0 Å². The summed E-state index contributed by atoms with van der Waals surface area (Å²) < 4.78 is 10.0. The number of rotatable bonds is 2. The molecule has 2 N–H and O–H groups in total. The number of aliphatic carboxylic acids is 1. The van der Waals surface area contributed by atoms with Gasteiger partial charge < -0.3 is 19.9 Å². The Hall–Kier alpha value is -2.24. The number of esters is 1. The molecule has 1 aliphatic heterocycles. The van der Waals surface area contributed by atoms with Crippen LogP contribution >= 0.6 is 0 Å². The van der Waals surface area contributed by atoms with Crippen molar-refractivity contribution in [2.45, 2.75) is 19.1 Å². The highest BCUT2D eigenvalue weighted by atomic mass is 16.5. The third kappa shape index (κ3) is 1.97. The fourth-order valence-electron chi connectivity index (χ4n) is 1.86. The lowest BCUT2D eigenvalue weighted by Crippen LogP contribution is -2.45. The van der Waals surface area contributed by atoms with Gasteiger partial charge in [-0.25, -0.2) is 9.59 Å². The molecule has 6 nitrogen and oxygen atoms in total. The van der Waals surface area contributed by atoms with Gasteiger partial charge in [0.15, 0.2) is 5.75 Å². The van der Waals surface area contributed by atoms with E-state index in [1.165, 1.54) is 13.2 Å². The molecule has 0 aliphatic carbocycles. The van der Waals surface area contributed by atoms with Gasteiger partial charge in [0.1, 0.15) is 5.56 Å². The molecule has 0 radical (unpaired) electrons. The molecule has 2 atom stereocenters. The minimum absolute atomic E-state index is 0.209. The molecule has 0 spiro atoms. The van der Waals surface area contributed by atoms with Crippen molar-refractivity contribution in [1.29, 1.82) is 0 Å². The predicted octanol–water partition coefficient (Wildman–Crippen LogP) is 1.12. The number of hydrogen-bond donors (Lipinski definition) is 2. The monoisotopic (exact) mass is 251 g/mol. The highest BCUT2D eigenvalue weighted by Gasteiger charge is 2.34. The minimum Gasteiger partial charge on any atom is -0.478 e.